The van der Waals surface area contributed by atoms with E-state index < -0.39 is 0 Å². The van der Waals surface area contributed by atoms with Gasteiger partial charge in [-0.2, -0.15) is 0 Å². The first-order valence-electron chi connectivity index (χ1n) is 5.29. The van der Waals surface area contributed by atoms with Crippen LogP contribution in [-0.2, 0) is 9.53 Å². The molecule has 0 radical (unpaired) electrons. The van der Waals surface area contributed by atoms with E-state index in [1.54, 1.807) is 18.3 Å². The van der Waals surface area contributed by atoms with Gasteiger partial charge in [-0.25, -0.2) is 0 Å². The lowest BCUT2D eigenvalue weighted by molar-refractivity contribution is -0.140. The van der Waals surface area contributed by atoms with Gasteiger partial charge in [-0.15, -0.1) is 0 Å². The number of carbonyl (C=O) groups excluding carboxylic acids is 2. The van der Waals surface area contributed by atoms with Gasteiger partial charge in [0.25, 0.3) is 0 Å². The van der Waals surface area contributed by atoms with Gasteiger partial charge in [0.05, 0.1) is 25.4 Å². The summed E-state index contributed by atoms with van der Waals surface area (Å²) in [6.07, 6.45) is 1.94. The molecule has 5 heteroatoms. The van der Waals surface area contributed by atoms with Gasteiger partial charge in [0, 0.05) is 20.5 Å². The number of ether oxygens (including phenoxy) is 1. The van der Waals surface area contributed by atoms with Crippen LogP contribution >= 0.6 is 0 Å². The van der Waals surface area contributed by atoms with Crippen molar-refractivity contribution in [3.05, 3.63) is 24.0 Å². The molecule has 0 aliphatic carbocycles. The number of carbonyl (C=O) groups is 2. The molecule has 1 aromatic rings. The van der Waals surface area contributed by atoms with Crippen LogP contribution in [0.4, 0.5) is 5.69 Å². The third-order valence-corrected chi connectivity index (χ3v) is 2.43. The fourth-order valence-electron chi connectivity index (χ4n) is 1.31. The number of aromatic nitrogens is 1. The van der Waals surface area contributed by atoms with Gasteiger partial charge in [-0.3, -0.25) is 14.6 Å². The maximum atomic E-state index is 11.0. The van der Waals surface area contributed by atoms with E-state index in [1.165, 1.54) is 14.0 Å². The first kappa shape index (κ1) is 13.2. The topological polar surface area (TPSA) is 59.5 Å². The number of hydrogen-bond acceptors (Lipinski definition) is 5. The molecule has 0 saturated carbocycles. The van der Waals surface area contributed by atoms with E-state index in [0.717, 1.165) is 5.69 Å². The average Bonchev–Trinajstić information content (AvgIpc) is 2.35. The Morgan fingerprint density at radius 2 is 2.12 bits per heavy atom. The van der Waals surface area contributed by atoms with Gasteiger partial charge in [-0.05, 0) is 12.1 Å². The maximum Gasteiger partial charge on any atom is 0.307 e. The van der Waals surface area contributed by atoms with Crippen molar-refractivity contribution in [2.75, 3.05) is 25.6 Å². The number of ketones is 1. The van der Waals surface area contributed by atoms with Crippen molar-refractivity contribution in [2.24, 2.45) is 0 Å². The molecule has 0 bridgehead atoms. The van der Waals surface area contributed by atoms with Crippen LogP contribution in [0.25, 0.3) is 0 Å². The van der Waals surface area contributed by atoms with Crippen LogP contribution in [0.5, 0.6) is 0 Å². The number of anilines is 1. The van der Waals surface area contributed by atoms with E-state index in [-0.39, 0.29) is 11.8 Å². The monoisotopic (exact) mass is 236 g/mol. The highest BCUT2D eigenvalue weighted by Crippen LogP contribution is 2.11. The molecule has 0 spiro atoms. The number of hydrogen-bond donors (Lipinski definition) is 0. The van der Waals surface area contributed by atoms with Gasteiger partial charge in [0.15, 0.2) is 5.78 Å². The summed E-state index contributed by atoms with van der Waals surface area (Å²) in [6, 6.07) is 3.48. The third-order valence-electron chi connectivity index (χ3n) is 2.43. The van der Waals surface area contributed by atoms with E-state index in [1.807, 2.05) is 11.9 Å². The van der Waals surface area contributed by atoms with E-state index in [4.69, 9.17) is 0 Å². The Labute approximate surface area is 100 Å². The minimum atomic E-state index is -0.245. The van der Waals surface area contributed by atoms with Crippen molar-refractivity contribution in [1.82, 2.24) is 4.98 Å². The predicted molar refractivity (Wildman–Crippen MR) is 64.1 cm³/mol. The van der Waals surface area contributed by atoms with E-state index in [2.05, 4.69) is 9.72 Å². The zero-order valence-electron chi connectivity index (χ0n) is 10.3. The van der Waals surface area contributed by atoms with Crippen LogP contribution in [0.2, 0.25) is 0 Å². The molecule has 0 atom stereocenters. The molecule has 92 valence electrons. The molecular formula is C12H16N2O3. The van der Waals surface area contributed by atoms with E-state index in [9.17, 15) is 9.59 Å². The van der Waals surface area contributed by atoms with Crippen molar-refractivity contribution >= 4 is 17.4 Å². The number of esters is 1. The van der Waals surface area contributed by atoms with Gasteiger partial charge >= 0.3 is 5.97 Å². The van der Waals surface area contributed by atoms with Crippen LogP contribution < -0.4 is 4.90 Å². The summed E-state index contributed by atoms with van der Waals surface area (Å²) >= 11 is 0. The maximum absolute atomic E-state index is 11.0. The fraction of sp³-hybridized carbons (Fsp3) is 0.417. The molecule has 0 unspecified atom stereocenters. The van der Waals surface area contributed by atoms with E-state index in [0.29, 0.717) is 18.7 Å². The second-order valence-corrected chi connectivity index (χ2v) is 3.71. The highest BCUT2D eigenvalue weighted by molar-refractivity contribution is 5.92. The number of methoxy groups -OCH3 is 1. The summed E-state index contributed by atoms with van der Waals surface area (Å²) in [5, 5.41) is 0. The second-order valence-electron chi connectivity index (χ2n) is 3.71. The molecule has 0 aromatic carbocycles. The molecule has 1 rings (SSSR count). The highest BCUT2D eigenvalue weighted by atomic mass is 16.5. The van der Waals surface area contributed by atoms with Gasteiger partial charge in [0.1, 0.15) is 5.69 Å². The van der Waals surface area contributed by atoms with Crippen molar-refractivity contribution in [3.63, 3.8) is 0 Å². The Hall–Kier alpha value is -1.91. The van der Waals surface area contributed by atoms with Crippen LogP contribution in [-0.4, -0.2) is 37.4 Å². The Morgan fingerprint density at radius 3 is 2.59 bits per heavy atom. The molecular weight excluding hydrogens is 220 g/mol. The summed E-state index contributed by atoms with van der Waals surface area (Å²) in [5.74, 6) is -0.307. The third kappa shape index (κ3) is 3.86. The minimum Gasteiger partial charge on any atom is -0.469 e. The Balaban J connectivity index is 2.60. The summed E-state index contributed by atoms with van der Waals surface area (Å²) in [6.45, 7) is 2.02. The van der Waals surface area contributed by atoms with Crippen LogP contribution in [0.1, 0.15) is 23.8 Å². The number of rotatable bonds is 5. The smallest absolute Gasteiger partial charge is 0.307 e. The molecule has 1 aromatic heterocycles. The zero-order valence-corrected chi connectivity index (χ0v) is 10.3. The zero-order chi connectivity index (χ0) is 12.8. The summed E-state index contributed by atoms with van der Waals surface area (Å²) < 4.78 is 4.56. The average molecular weight is 236 g/mol. The molecule has 1 heterocycles. The quantitative estimate of drug-likeness (QED) is 0.569. The molecule has 0 aliphatic heterocycles. The van der Waals surface area contributed by atoms with Crippen molar-refractivity contribution in [1.29, 1.82) is 0 Å². The lowest BCUT2D eigenvalue weighted by atomic mass is 10.2. The standard InChI is InChI=1S/C12H16N2O3/c1-9(15)11-5-4-10(8-13-11)14(2)7-6-12(16)17-3/h4-5,8H,6-7H2,1-3H3. The molecule has 0 amide bonds. The molecule has 0 fully saturated rings. The summed E-state index contributed by atoms with van der Waals surface area (Å²) in [5.41, 5.74) is 1.30. The molecule has 0 aliphatic rings. The van der Waals surface area contributed by atoms with Crippen LogP contribution in [0, 0.1) is 0 Å². The molecule has 17 heavy (non-hydrogen) atoms. The van der Waals surface area contributed by atoms with Crippen LogP contribution in [0.15, 0.2) is 18.3 Å². The van der Waals surface area contributed by atoms with E-state index >= 15 is 0 Å². The first-order chi connectivity index (χ1) is 8.04. The fourth-order valence-corrected chi connectivity index (χ4v) is 1.31. The Bertz CT molecular complexity index is 401. The van der Waals surface area contributed by atoms with Crippen molar-refractivity contribution < 1.29 is 14.3 Å². The van der Waals surface area contributed by atoms with Gasteiger partial charge < -0.3 is 9.64 Å². The van der Waals surface area contributed by atoms with Crippen LogP contribution in [0.3, 0.4) is 0 Å². The lowest BCUT2D eigenvalue weighted by Gasteiger charge is -2.18. The number of Topliss-reactive ketones (excluding diaryl/α,β-unsaturated/α-hetero) is 1. The normalized spacial score (nSPS) is 9.82. The van der Waals surface area contributed by atoms with Gasteiger partial charge in [-0.1, -0.05) is 0 Å². The van der Waals surface area contributed by atoms with Crippen molar-refractivity contribution in [3.8, 4) is 0 Å². The second kappa shape index (κ2) is 5.98. The number of nitrogens with zero attached hydrogens (tertiary/aromatic N) is 2. The predicted octanol–water partition coefficient (Wildman–Crippen LogP) is 1.28. The lowest BCUT2D eigenvalue weighted by Crippen LogP contribution is -2.21. The molecule has 0 saturated heterocycles. The Morgan fingerprint density at radius 1 is 1.41 bits per heavy atom. The summed E-state index contributed by atoms with van der Waals surface area (Å²) in [4.78, 5) is 27.9. The Kier molecular flexibility index (Phi) is 4.63. The molecule has 0 N–H and O–H groups in total. The van der Waals surface area contributed by atoms with Crippen molar-refractivity contribution in [2.45, 2.75) is 13.3 Å². The first-order valence-corrected chi connectivity index (χ1v) is 5.29. The highest BCUT2D eigenvalue weighted by Gasteiger charge is 2.06. The summed E-state index contributed by atoms with van der Waals surface area (Å²) in [7, 11) is 3.22. The molecule has 5 nitrogen and oxygen atoms in total. The largest absolute Gasteiger partial charge is 0.469 e. The van der Waals surface area contributed by atoms with Gasteiger partial charge in [0.2, 0.25) is 0 Å². The number of pyridine rings is 1. The minimum absolute atomic E-state index is 0.0613. The SMILES string of the molecule is COC(=O)CCN(C)c1ccc(C(C)=O)nc1.